The highest BCUT2D eigenvalue weighted by Gasteiger charge is 2.25. The van der Waals surface area contributed by atoms with Crippen LogP contribution in [0.1, 0.15) is 87.2 Å². The van der Waals surface area contributed by atoms with Gasteiger partial charge in [0.25, 0.3) is 12.0 Å². The second-order valence-electron chi connectivity index (χ2n) is 17.1. The molecule has 2 aliphatic carbocycles. The van der Waals surface area contributed by atoms with Gasteiger partial charge in [-0.05, 0) is 135 Å². The number of carbonyl (C=O) groups is 2. The van der Waals surface area contributed by atoms with E-state index in [4.69, 9.17) is 18.7 Å². The number of nitrogens with one attached hydrogen (secondary N) is 2. The van der Waals surface area contributed by atoms with Crippen molar-refractivity contribution < 1.29 is 28.3 Å². The molecule has 4 aromatic heterocycles. The summed E-state index contributed by atoms with van der Waals surface area (Å²) in [5.74, 6) is 1.09. The fraction of sp³-hybridized carbons (Fsp3) is 0.283. The van der Waals surface area contributed by atoms with E-state index in [1.165, 1.54) is 18.2 Å². The van der Waals surface area contributed by atoms with E-state index in [1.807, 2.05) is 72.8 Å². The molecule has 12 heteroatoms. The SMILES string of the molecule is COC(=O)CC1CCC(c2ccc(-c3ccc(Nc4nc5ccccc5o4)cn3)cc2)CC1.O=C(O)CC1CCC(c2ccc(-c3ccc(Nc4nc5ccccc5o4)cn3)cc2)CC1. The molecule has 0 amide bonds. The van der Waals surface area contributed by atoms with Gasteiger partial charge in [0.15, 0.2) is 11.2 Å². The smallest absolute Gasteiger partial charge is 0.305 e. The third kappa shape index (κ3) is 10.9. The van der Waals surface area contributed by atoms with E-state index in [0.29, 0.717) is 48.5 Å². The summed E-state index contributed by atoms with van der Waals surface area (Å²) < 4.78 is 16.2. The minimum atomic E-state index is -0.680. The van der Waals surface area contributed by atoms with Gasteiger partial charge in [-0.15, -0.1) is 0 Å². The first-order valence-corrected chi connectivity index (χ1v) is 22.5. The number of aromatic nitrogens is 4. The third-order valence-electron chi connectivity index (χ3n) is 12.8. The number of hydrogen-bond donors (Lipinski definition) is 3. The van der Waals surface area contributed by atoms with Crippen LogP contribution in [-0.2, 0) is 14.3 Å². The minimum Gasteiger partial charge on any atom is -0.481 e. The Labute approximate surface area is 377 Å². The van der Waals surface area contributed by atoms with Crippen molar-refractivity contribution in [2.24, 2.45) is 11.8 Å². The number of anilines is 4. The summed E-state index contributed by atoms with van der Waals surface area (Å²) in [7, 11) is 1.46. The molecule has 0 spiro atoms. The lowest BCUT2D eigenvalue weighted by Crippen LogP contribution is -2.17. The second-order valence-corrected chi connectivity index (χ2v) is 17.1. The Morgan fingerprint density at radius 2 is 1.00 bits per heavy atom. The van der Waals surface area contributed by atoms with E-state index < -0.39 is 5.97 Å². The van der Waals surface area contributed by atoms with E-state index in [0.717, 1.165) is 107 Å². The summed E-state index contributed by atoms with van der Waals surface area (Å²) in [6.45, 7) is 0. The molecule has 10 rings (SSSR count). The van der Waals surface area contributed by atoms with Gasteiger partial charge in [0.1, 0.15) is 11.0 Å². The molecule has 2 aliphatic rings. The molecule has 0 atom stereocenters. The number of methoxy groups -OCH3 is 1. The predicted molar refractivity (Wildman–Crippen MR) is 252 cm³/mol. The molecule has 2 fully saturated rings. The standard InChI is InChI=1S/C27H27N3O3.C26H25N3O3/c1-32-26(31)16-18-6-8-19(9-7-18)20-10-12-21(13-11-20)23-15-14-22(17-28-23)29-27-30-24-4-2-3-5-25(24)33-27;30-25(31)15-17-5-7-18(8-6-17)19-9-11-20(12-10-19)22-14-13-21(16-27-22)28-26-29-23-3-1-2-4-24(23)32-26/h2-5,10-15,17-19H,6-9,16H2,1H3,(H,29,30);1-4,9-14,16-18H,5-8,15H2,(H,28,29)(H,30,31). The Balaban J connectivity index is 0.000000164. The monoisotopic (exact) mass is 868 g/mol. The van der Waals surface area contributed by atoms with E-state index in [-0.39, 0.29) is 5.97 Å². The van der Waals surface area contributed by atoms with Crippen LogP contribution in [-0.4, -0.2) is 44.1 Å². The molecule has 8 aromatic rings. The zero-order valence-corrected chi connectivity index (χ0v) is 36.4. The Hall–Kier alpha value is -7.34. The Bertz CT molecular complexity index is 2760. The van der Waals surface area contributed by atoms with Crippen LogP contribution in [0.15, 0.2) is 143 Å². The number of carbonyl (C=O) groups excluding carboxylic acids is 1. The fourth-order valence-corrected chi connectivity index (χ4v) is 9.19. The molecule has 65 heavy (non-hydrogen) atoms. The van der Waals surface area contributed by atoms with E-state index in [9.17, 15) is 9.59 Å². The topological polar surface area (TPSA) is 166 Å². The number of carboxylic acid groups (broad SMARTS) is 1. The van der Waals surface area contributed by atoms with Gasteiger partial charge in [-0.3, -0.25) is 19.6 Å². The molecule has 4 heterocycles. The number of fused-ring (bicyclic) bond motifs is 2. The van der Waals surface area contributed by atoms with Crippen molar-refractivity contribution >= 4 is 57.5 Å². The van der Waals surface area contributed by atoms with Crippen molar-refractivity contribution in [3.05, 3.63) is 145 Å². The third-order valence-corrected chi connectivity index (χ3v) is 12.8. The molecular formula is C53H52N6O6. The Morgan fingerprint density at radius 1 is 0.569 bits per heavy atom. The summed E-state index contributed by atoms with van der Waals surface area (Å²) in [4.78, 5) is 40.5. The highest BCUT2D eigenvalue weighted by Crippen LogP contribution is 2.39. The van der Waals surface area contributed by atoms with Crippen LogP contribution in [0.5, 0.6) is 0 Å². The molecule has 330 valence electrons. The quantitative estimate of drug-likeness (QED) is 0.0996. The zero-order valence-electron chi connectivity index (χ0n) is 36.4. The van der Waals surface area contributed by atoms with Crippen molar-refractivity contribution in [3.63, 3.8) is 0 Å². The highest BCUT2D eigenvalue weighted by molar-refractivity contribution is 5.76. The van der Waals surface area contributed by atoms with Crippen molar-refractivity contribution in [1.82, 2.24) is 19.9 Å². The van der Waals surface area contributed by atoms with Crippen LogP contribution in [0.25, 0.3) is 44.7 Å². The average molecular weight is 869 g/mol. The van der Waals surface area contributed by atoms with Gasteiger partial charge in [0.2, 0.25) is 0 Å². The zero-order chi connectivity index (χ0) is 44.5. The lowest BCUT2D eigenvalue weighted by molar-refractivity contribution is -0.142. The fourth-order valence-electron chi connectivity index (χ4n) is 9.19. The van der Waals surface area contributed by atoms with Crippen LogP contribution in [0.3, 0.4) is 0 Å². The molecule has 4 aromatic carbocycles. The maximum atomic E-state index is 11.5. The predicted octanol–water partition coefficient (Wildman–Crippen LogP) is 12.9. The molecule has 0 aliphatic heterocycles. The molecule has 12 nitrogen and oxygen atoms in total. The van der Waals surface area contributed by atoms with Crippen LogP contribution in [0.2, 0.25) is 0 Å². The molecule has 0 saturated heterocycles. The number of oxazole rings is 2. The van der Waals surface area contributed by atoms with Crippen molar-refractivity contribution in [2.45, 2.75) is 76.0 Å². The van der Waals surface area contributed by atoms with Gasteiger partial charge < -0.3 is 29.3 Å². The summed E-state index contributed by atoms with van der Waals surface area (Å²) in [6.07, 6.45) is 12.9. The first-order chi connectivity index (χ1) is 31.8. The number of benzene rings is 4. The maximum absolute atomic E-state index is 11.5. The van der Waals surface area contributed by atoms with Crippen LogP contribution >= 0.6 is 0 Å². The Morgan fingerprint density at radius 3 is 1.38 bits per heavy atom. The van der Waals surface area contributed by atoms with Gasteiger partial charge in [-0.25, -0.2) is 0 Å². The summed E-state index contributed by atoms with van der Waals surface area (Å²) in [5, 5.41) is 15.3. The number of carboxylic acids is 1. The first-order valence-electron chi connectivity index (χ1n) is 22.5. The van der Waals surface area contributed by atoms with E-state index in [2.05, 4.69) is 79.1 Å². The number of hydrogen-bond acceptors (Lipinski definition) is 11. The van der Waals surface area contributed by atoms with Gasteiger partial charge in [0, 0.05) is 24.0 Å². The van der Waals surface area contributed by atoms with Gasteiger partial charge in [-0.2, -0.15) is 9.97 Å². The van der Waals surface area contributed by atoms with Crippen LogP contribution in [0, 0.1) is 11.8 Å². The van der Waals surface area contributed by atoms with Crippen molar-refractivity contribution in [1.29, 1.82) is 0 Å². The molecule has 0 unspecified atom stereocenters. The minimum absolute atomic E-state index is 0.0922. The average Bonchev–Trinajstić information content (AvgIpc) is 3.96. The largest absolute Gasteiger partial charge is 0.481 e. The van der Waals surface area contributed by atoms with E-state index in [1.54, 1.807) is 12.4 Å². The summed E-state index contributed by atoms with van der Waals surface area (Å²) in [6, 6.07) is 41.5. The summed E-state index contributed by atoms with van der Waals surface area (Å²) >= 11 is 0. The molecule has 2 saturated carbocycles. The molecule has 0 radical (unpaired) electrons. The second kappa shape index (κ2) is 20.0. The molecular weight excluding hydrogens is 817 g/mol. The summed E-state index contributed by atoms with van der Waals surface area (Å²) in [5.41, 5.74) is 11.5. The number of aliphatic carboxylic acids is 1. The number of esters is 1. The van der Waals surface area contributed by atoms with Gasteiger partial charge in [-0.1, -0.05) is 72.8 Å². The lowest BCUT2D eigenvalue weighted by atomic mass is 9.77. The maximum Gasteiger partial charge on any atom is 0.305 e. The number of para-hydroxylation sites is 4. The van der Waals surface area contributed by atoms with Crippen molar-refractivity contribution in [3.8, 4) is 22.5 Å². The number of ether oxygens (including phenoxy) is 1. The Kier molecular flexibility index (Phi) is 13.2. The lowest BCUT2D eigenvalue weighted by Gasteiger charge is -2.28. The van der Waals surface area contributed by atoms with E-state index >= 15 is 0 Å². The first kappa shape index (κ1) is 42.9. The van der Waals surface area contributed by atoms with Gasteiger partial charge in [0.05, 0.1) is 42.3 Å². The highest BCUT2D eigenvalue weighted by atomic mass is 16.5. The number of nitrogens with zero attached hydrogens (tertiary/aromatic N) is 4. The van der Waals surface area contributed by atoms with Crippen LogP contribution in [0.4, 0.5) is 23.4 Å². The number of pyridine rings is 2. The normalized spacial score (nSPS) is 18.4. The van der Waals surface area contributed by atoms with Gasteiger partial charge >= 0.3 is 11.9 Å². The number of rotatable bonds is 12. The van der Waals surface area contributed by atoms with Crippen LogP contribution < -0.4 is 10.6 Å². The molecule has 0 bridgehead atoms. The molecule has 3 N–H and O–H groups in total. The van der Waals surface area contributed by atoms with Crippen molar-refractivity contribution in [2.75, 3.05) is 17.7 Å².